The minimum atomic E-state index is -1.45. The van der Waals surface area contributed by atoms with Crippen LogP contribution in [0.2, 0.25) is 0 Å². The molecule has 0 fully saturated rings. The molecular weight excluding hydrogens is 610 g/mol. The van der Waals surface area contributed by atoms with Gasteiger partial charge in [-0.3, -0.25) is 4.79 Å². The van der Waals surface area contributed by atoms with E-state index < -0.39 is 11.6 Å². The van der Waals surface area contributed by atoms with E-state index in [0.717, 1.165) is 15.6 Å². The second-order valence-corrected chi connectivity index (χ2v) is 10.8. The van der Waals surface area contributed by atoms with Gasteiger partial charge in [0.15, 0.2) is 11.6 Å². The summed E-state index contributed by atoms with van der Waals surface area (Å²) in [6.45, 7) is 0.739. The van der Waals surface area contributed by atoms with E-state index in [9.17, 15) is 10.3 Å². The first-order valence-corrected chi connectivity index (χ1v) is 14.6. The van der Waals surface area contributed by atoms with Crippen LogP contribution >= 0.6 is 15.9 Å². The van der Waals surface area contributed by atoms with Crippen LogP contribution in [0.5, 0.6) is 5.75 Å². The Kier molecular flexibility index (Phi) is 9.73. The lowest BCUT2D eigenvalue weighted by molar-refractivity contribution is -0.129. The monoisotopic (exact) mass is 639 g/mol. The molecule has 0 unspecified atom stereocenters. The molecule has 1 amide bonds. The summed E-state index contributed by atoms with van der Waals surface area (Å²) in [6.07, 6.45) is -0.178. The van der Waals surface area contributed by atoms with E-state index in [1.807, 2.05) is 72.8 Å². The Morgan fingerprint density at radius 3 is 2.49 bits per heavy atom. The number of carbonyl (C=O) groups is 1. The van der Waals surface area contributed by atoms with Crippen molar-refractivity contribution in [1.29, 1.82) is 0 Å². The lowest BCUT2D eigenvalue weighted by atomic mass is 9.81. The third kappa shape index (κ3) is 6.89. The summed E-state index contributed by atoms with van der Waals surface area (Å²) < 4.78 is 13.1. The van der Waals surface area contributed by atoms with E-state index in [1.165, 1.54) is 0 Å². The molecule has 4 aromatic carbocycles. The van der Waals surface area contributed by atoms with Gasteiger partial charge in [-0.15, -0.1) is 0 Å². The molecule has 10 heteroatoms. The highest BCUT2D eigenvalue weighted by Crippen LogP contribution is 2.46. The second-order valence-electron chi connectivity index (χ2n) is 9.97. The van der Waals surface area contributed by atoms with Crippen LogP contribution in [0.15, 0.2) is 118 Å². The minimum Gasteiger partial charge on any atom is -0.494 e. The third-order valence-corrected chi connectivity index (χ3v) is 7.89. The molecule has 4 aromatic rings. The van der Waals surface area contributed by atoms with Crippen molar-refractivity contribution in [2.45, 2.75) is 31.0 Å². The van der Waals surface area contributed by atoms with Gasteiger partial charge in [-0.05, 0) is 47.0 Å². The van der Waals surface area contributed by atoms with Crippen molar-refractivity contribution in [3.05, 3.63) is 140 Å². The molecule has 0 bridgehead atoms. The number of rotatable bonds is 12. The predicted octanol–water partition coefficient (Wildman–Crippen LogP) is 6.97. The Morgan fingerprint density at radius 1 is 1.02 bits per heavy atom. The van der Waals surface area contributed by atoms with E-state index in [2.05, 4.69) is 31.3 Å². The van der Waals surface area contributed by atoms with Gasteiger partial charge in [-0.2, -0.15) is 0 Å². The number of aliphatic hydroxyl groups is 1. The van der Waals surface area contributed by atoms with Crippen molar-refractivity contribution in [1.82, 2.24) is 5.32 Å². The van der Waals surface area contributed by atoms with Gasteiger partial charge in [0.25, 0.3) is 5.91 Å². The topological polar surface area (TPSA) is 129 Å². The molecule has 1 heterocycles. The van der Waals surface area contributed by atoms with E-state index in [-0.39, 0.29) is 24.8 Å². The van der Waals surface area contributed by atoms with Crippen LogP contribution < -0.4 is 10.1 Å². The number of halogens is 1. The van der Waals surface area contributed by atoms with Crippen molar-refractivity contribution >= 4 is 33.4 Å². The maximum Gasteiger partial charge on any atom is 0.252 e. The normalized spacial score (nSPS) is 17.3. The predicted molar refractivity (Wildman–Crippen MR) is 168 cm³/mol. The molecule has 1 aliphatic rings. The Labute approximate surface area is 258 Å². The molecule has 0 saturated heterocycles. The van der Waals surface area contributed by atoms with Crippen molar-refractivity contribution in [2.24, 2.45) is 10.1 Å². The summed E-state index contributed by atoms with van der Waals surface area (Å²) in [6, 6.07) is 31.6. The van der Waals surface area contributed by atoms with Gasteiger partial charge in [0.2, 0.25) is 5.90 Å². The molecule has 218 valence electrons. The van der Waals surface area contributed by atoms with Gasteiger partial charge in [0.05, 0.1) is 6.61 Å². The number of carbonyl (C=O) groups excluding carboxylic acids is 1. The first-order valence-electron chi connectivity index (χ1n) is 13.8. The van der Waals surface area contributed by atoms with Crippen LogP contribution in [0.25, 0.3) is 10.4 Å². The number of nitrogens with zero attached hydrogens (tertiary/aromatic N) is 4. The SMILES string of the molecule is [N-]=[N+]=Nc1ccccc1[C@H]1OC(c2ccc(OCCCO)cc2)=N[C@@]1(Cc1ccccc1Br)C(=O)NCc1ccccc1. The van der Waals surface area contributed by atoms with E-state index in [1.54, 1.807) is 30.3 Å². The highest BCUT2D eigenvalue weighted by molar-refractivity contribution is 9.10. The zero-order valence-corrected chi connectivity index (χ0v) is 24.9. The summed E-state index contributed by atoms with van der Waals surface area (Å²) in [4.78, 5) is 22.5. The Balaban J connectivity index is 1.61. The molecule has 0 aliphatic carbocycles. The van der Waals surface area contributed by atoms with Crippen LogP contribution in [0.4, 0.5) is 5.69 Å². The Hall–Kier alpha value is -4.63. The molecule has 43 heavy (non-hydrogen) atoms. The standard InChI is InChI=1S/C33H30BrN5O4/c34-28-13-6-4-11-25(28)21-33(32(41)36-22-23-9-2-1-3-10-23)30(27-12-5-7-14-29(27)38-39-35)43-31(37-33)24-15-17-26(18-16-24)42-20-8-19-40/h1-7,9-18,30,40H,8,19-22H2,(H,36,41)/t30-,33-/m1/s1. The van der Waals surface area contributed by atoms with Gasteiger partial charge in [-0.1, -0.05) is 93.8 Å². The number of hydrogen-bond donors (Lipinski definition) is 2. The third-order valence-electron chi connectivity index (χ3n) is 7.12. The van der Waals surface area contributed by atoms with Crippen molar-refractivity contribution in [3.63, 3.8) is 0 Å². The summed E-state index contributed by atoms with van der Waals surface area (Å²) in [7, 11) is 0. The molecule has 0 spiro atoms. The van der Waals surface area contributed by atoms with Gasteiger partial charge >= 0.3 is 0 Å². The summed E-state index contributed by atoms with van der Waals surface area (Å²) in [5, 5.41) is 16.1. The van der Waals surface area contributed by atoms with Crippen LogP contribution in [0.1, 0.15) is 34.8 Å². The molecular formula is C33H30BrN5O4. The van der Waals surface area contributed by atoms with Gasteiger partial charge in [0, 0.05) is 52.2 Å². The van der Waals surface area contributed by atoms with Crippen LogP contribution in [-0.4, -0.2) is 35.7 Å². The number of benzene rings is 4. The molecule has 9 nitrogen and oxygen atoms in total. The fourth-order valence-corrected chi connectivity index (χ4v) is 5.40. The summed E-state index contributed by atoms with van der Waals surface area (Å²) in [5.41, 5.74) is 11.2. The van der Waals surface area contributed by atoms with Crippen molar-refractivity contribution < 1.29 is 19.4 Å². The zero-order valence-electron chi connectivity index (χ0n) is 23.3. The number of azide groups is 1. The number of amides is 1. The smallest absolute Gasteiger partial charge is 0.252 e. The maximum atomic E-state index is 14.4. The summed E-state index contributed by atoms with van der Waals surface area (Å²) >= 11 is 3.64. The average Bonchev–Trinajstić information content (AvgIpc) is 3.42. The van der Waals surface area contributed by atoms with E-state index in [0.29, 0.717) is 42.1 Å². The molecule has 5 rings (SSSR count). The molecule has 2 N–H and O–H groups in total. The molecule has 0 aromatic heterocycles. The first kappa shape index (κ1) is 29.8. The lowest BCUT2D eigenvalue weighted by Crippen LogP contribution is -2.49. The highest BCUT2D eigenvalue weighted by Gasteiger charge is 2.54. The zero-order chi connectivity index (χ0) is 30.1. The second kappa shape index (κ2) is 14.0. The number of hydrogen-bond acceptors (Lipinski definition) is 6. The van der Waals surface area contributed by atoms with Crippen molar-refractivity contribution in [2.75, 3.05) is 13.2 Å². The van der Waals surface area contributed by atoms with Crippen LogP contribution in [0, 0.1) is 0 Å². The number of aliphatic imine (C=N–C) groups is 1. The molecule has 2 atom stereocenters. The van der Waals surface area contributed by atoms with Gasteiger partial charge in [-0.25, -0.2) is 4.99 Å². The molecule has 0 saturated carbocycles. The van der Waals surface area contributed by atoms with E-state index >= 15 is 0 Å². The van der Waals surface area contributed by atoms with Crippen molar-refractivity contribution in [3.8, 4) is 5.75 Å². The van der Waals surface area contributed by atoms with Gasteiger partial charge < -0.3 is 19.9 Å². The van der Waals surface area contributed by atoms with Crippen LogP contribution in [-0.2, 0) is 22.5 Å². The average molecular weight is 641 g/mol. The Bertz CT molecular complexity index is 1640. The highest BCUT2D eigenvalue weighted by atomic mass is 79.9. The number of nitrogens with one attached hydrogen (secondary N) is 1. The fraction of sp³-hybridized carbons (Fsp3) is 0.212. The van der Waals surface area contributed by atoms with Gasteiger partial charge in [0.1, 0.15) is 5.75 Å². The minimum absolute atomic E-state index is 0.0490. The first-order chi connectivity index (χ1) is 21.0. The molecule has 0 radical (unpaired) electrons. The summed E-state index contributed by atoms with van der Waals surface area (Å²) in [5.74, 6) is 0.595. The lowest BCUT2D eigenvalue weighted by Gasteiger charge is -2.31. The fourth-order valence-electron chi connectivity index (χ4n) is 4.97. The number of ether oxygens (including phenoxy) is 2. The maximum absolute atomic E-state index is 14.4. The van der Waals surface area contributed by atoms with Crippen LogP contribution in [0.3, 0.4) is 0 Å². The van der Waals surface area contributed by atoms with E-state index in [4.69, 9.17) is 19.6 Å². The largest absolute Gasteiger partial charge is 0.494 e. The Morgan fingerprint density at radius 2 is 1.74 bits per heavy atom. The number of aliphatic hydroxyl groups excluding tert-OH is 1. The quantitative estimate of drug-likeness (QED) is 0.0750. The molecule has 1 aliphatic heterocycles.